The van der Waals surface area contributed by atoms with Crippen molar-refractivity contribution in [1.29, 1.82) is 5.26 Å². The van der Waals surface area contributed by atoms with Gasteiger partial charge in [-0.3, -0.25) is 0 Å². The number of hydrogen-bond donors (Lipinski definition) is 1. The van der Waals surface area contributed by atoms with Crippen molar-refractivity contribution in [2.45, 2.75) is 17.4 Å². The lowest BCUT2D eigenvalue weighted by Crippen LogP contribution is -2.31. The van der Waals surface area contributed by atoms with Gasteiger partial charge in [0.2, 0.25) is 10.0 Å². The van der Waals surface area contributed by atoms with Crippen molar-refractivity contribution in [1.82, 2.24) is 4.31 Å². The van der Waals surface area contributed by atoms with Crippen LogP contribution < -0.4 is 5.73 Å². The second-order valence-electron chi connectivity index (χ2n) is 4.05. The van der Waals surface area contributed by atoms with Gasteiger partial charge in [0.25, 0.3) is 0 Å². The van der Waals surface area contributed by atoms with Crippen LogP contribution in [0.1, 0.15) is 12.0 Å². The first-order valence-corrected chi connectivity index (χ1v) is 6.74. The second-order valence-corrected chi connectivity index (χ2v) is 5.99. The molecule has 1 unspecified atom stereocenters. The van der Waals surface area contributed by atoms with Crippen LogP contribution in [0.2, 0.25) is 0 Å². The number of rotatable bonds is 2. The summed E-state index contributed by atoms with van der Waals surface area (Å²) in [5, 5.41) is 8.65. The summed E-state index contributed by atoms with van der Waals surface area (Å²) in [5.41, 5.74) is 6.14. The molecule has 1 aromatic carbocycles. The maximum atomic E-state index is 12.2. The molecule has 98 valence electrons. The molecule has 2 rings (SSSR count). The quantitative estimate of drug-likeness (QED) is 0.867. The molecule has 7 heteroatoms. The molecular formula is C11H14ClN3O2S. The highest BCUT2D eigenvalue weighted by molar-refractivity contribution is 7.89. The van der Waals surface area contributed by atoms with Crippen molar-refractivity contribution in [2.75, 3.05) is 13.1 Å². The fraction of sp³-hybridized carbons (Fsp3) is 0.364. The van der Waals surface area contributed by atoms with E-state index in [0.29, 0.717) is 25.1 Å². The molecule has 5 nitrogen and oxygen atoms in total. The van der Waals surface area contributed by atoms with Crippen LogP contribution in [-0.2, 0) is 10.0 Å². The molecular weight excluding hydrogens is 274 g/mol. The highest BCUT2D eigenvalue weighted by atomic mass is 35.5. The minimum Gasteiger partial charge on any atom is -0.326 e. The standard InChI is InChI=1S/C11H13N3O2S.ClH/c12-7-9-1-3-11(4-2-9)17(15,16)14-6-5-10(13)8-14;/h1-4,10H,5-6,8,13H2;1H. The number of nitrogens with zero attached hydrogens (tertiary/aromatic N) is 2. The van der Waals surface area contributed by atoms with Gasteiger partial charge in [-0.1, -0.05) is 0 Å². The van der Waals surface area contributed by atoms with E-state index in [0.717, 1.165) is 0 Å². The largest absolute Gasteiger partial charge is 0.326 e. The van der Waals surface area contributed by atoms with Crippen LogP contribution in [0, 0.1) is 11.3 Å². The van der Waals surface area contributed by atoms with Crippen molar-refractivity contribution in [2.24, 2.45) is 5.73 Å². The van der Waals surface area contributed by atoms with E-state index in [1.165, 1.54) is 28.6 Å². The molecule has 1 aliphatic rings. The van der Waals surface area contributed by atoms with Gasteiger partial charge in [-0.25, -0.2) is 8.42 Å². The Kier molecular flexibility index (Phi) is 4.71. The summed E-state index contributed by atoms with van der Waals surface area (Å²) in [7, 11) is -3.45. The maximum Gasteiger partial charge on any atom is 0.243 e. The zero-order valence-corrected chi connectivity index (χ0v) is 11.2. The Bertz CT molecular complexity index is 551. The number of hydrogen-bond acceptors (Lipinski definition) is 4. The van der Waals surface area contributed by atoms with Gasteiger partial charge in [0.05, 0.1) is 16.5 Å². The van der Waals surface area contributed by atoms with E-state index < -0.39 is 10.0 Å². The zero-order valence-electron chi connectivity index (χ0n) is 9.61. The lowest BCUT2D eigenvalue weighted by molar-refractivity contribution is 0.472. The summed E-state index contributed by atoms with van der Waals surface area (Å²) in [6, 6.07) is 7.79. The van der Waals surface area contributed by atoms with Crippen LogP contribution in [0.4, 0.5) is 0 Å². The van der Waals surface area contributed by atoms with Gasteiger partial charge in [-0.05, 0) is 30.7 Å². The number of nitrogens with two attached hydrogens (primary N) is 1. The summed E-state index contributed by atoms with van der Waals surface area (Å²) in [6.07, 6.45) is 0.690. The predicted molar refractivity (Wildman–Crippen MR) is 69.8 cm³/mol. The Morgan fingerprint density at radius 2 is 1.94 bits per heavy atom. The van der Waals surface area contributed by atoms with Crippen LogP contribution >= 0.6 is 12.4 Å². The van der Waals surface area contributed by atoms with Gasteiger partial charge in [-0.15, -0.1) is 12.4 Å². The van der Waals surface area contributed by atoms with E-state index in [1.54, 1.807) is 0 Å². The van der Waals surface area contributed by atoms with E-state index in [9.17, 15) is 8.42 Å². The highest BCUT2D eigenvalue weighted by Gasteiger charge is 2.30. The Hall–Kier alpha value is -1.13. The third-order valence-electron chi connectivity index (χ3n) is 2.81. The van der Waals surface area contributed by atoms with Crippen LogP contribution in [0.5, 0.6) is 0 Å². The summed E-state index contributed by atoms with van der Waals surface area (Å²) < 4.78 is 25.7. The predicted octanol–water partition coefficient (Wildman–Crippen LogP) is 0.702. The molecule has 0 saturated carbocycles. The fourth-order valence-corrected chi connectivity index (χ4v) is 3.33. The third-order valence-corrected chi connectivity index (χ3v) is 4.69. The zero-order chi connectivity index (χ0) is 12.5. The number of nitriles is 1. The molecule has 1 aliphatic heterocycles. The lowest BCUT2D eigenvalue weighted by atomic mass is 10.2. The van der Waals surface area contributed by atoms with Crippen LogP contribution in [0.3, 0.4) is 0 Å². The first-order chi connectivity index (χ1) is 8.04. The number of halogens is 1. The molecule has 18 heavy (non-hydrogen) atoms. The van der Waals surface area contributed by atoms with Crippen molar-refractivity contribution < 1.29 is 8.42 Å². The van der Waals surface area contributed by atoms with Crippen molar-refractivity contribution >= 4 is 22.4 Å². The van der Waals surface area contributed by atoms with Gasteiger partial charge in [0.1, 0.15) is 0 Å². The average molecular weight is 288 g/mol. The third kappa shape index (κ3) is 2.82. The summed E-state index contributed by atoms with van der Waals surface area (Å²) in [6.45, 7) is 0.825. The monoisotopic (exact) mass is 287 g/mol. The van der Waals surface area contributed by atoms with E-state index in [2.05, 4.69) is 0 Å². The molecule has 1 fully saturated rings. The molecule has 0 bridgehead atoms. The highest BCUT2D eigenvalue weighted by Crippen LogP contribution is 2.20. The van der Waals surface area contributed by atoms with Crippen molar-refractivity contribution in [3.8, 4) is 6.07 Å². The van der Waals surface area contributed by atoms with Gasteiger partial charge < -0.3 is 5.73 Å². The Morgan fingerprint density at radius 1 is 1.33 bits per heavy atom. The molecule has 2 N–H and O–H groups in total. The van der Waals surface area contributed by atoms with Crippen molar-refractivity contribution in [3.05, 3.63) is 29.8 Å². The summed E-state index contributed by atoms with van der Waals surface area (Å²) in [5.74, 6) is 0. The summed E-state index contributed by atoms with van der Waals surface area (Å²) in [4.78, 5) is 0.214. The number of sulfonamides is 1. The SMILES string of the molecule is Cl.N#Cc1ccc(S(=O)(=O)N2CCC(N)C2)cc1. The molecule has 0 radical (unpaired) electrons. The smallest absolute Gasteiger partial charge is 0.243 e. The minimum absolute atomic E-state index is 0. The van der Waals surface area contributed by atoms with Gasteiger partial charge in [0.15, 0.2) is 0 Å². The molecule has 0 aromatic heterocycles. The molecule has 1 aromatic rings. The van der Waals surface area contributed by atoms with E-state index in [-0.39, 0.29) is 23.3 Å². The second kappa shape index (κ2) is 5.67. The van der Waals surface area contributed by atoms with Crippen LogP contribution in [0.15, 0.2) is 29.2 Å². The molecule has 1 saturated heterocycles. The van der Waals surface area contributed by atoms with Gasteiger partial charge in [0, 0.05) is 19.1 Å². The molecule has 1 atom stereocenters. The van der Waals surface area contributed by atoms with Gasteiger partial charge >= 0.3 is 0 Å². The molecule has 0 aliphatic carbocycles. The Morgan fingerprint density at radius 3 is 2.39 bits per heavy atom. The first kappa shape index (κ1) is 14.9. The minimum atomic E-state index is -3.45. The Labute approximate surface area is 113 Å². The van der Waals surface area contributed by atoms with Gasteiger partial charge in [-0.2, -0.15) is 9.57 Å². The average Bonchev–Trinajstić information content (AvgIpc) is 2.77. The normalized spacial score (nSPS) is 20.1. The topological polar surface area (TPSA) is 87.2 Å². The van der Waals surface area contributed by atoms with E-state index >= 15 is 0 Å². The van der Waals surface area contributed by atoms with E-state index in [4.69, 9.17) is 11.0 Å². The van der Waals surface area contributed by atoms with E-state index in [1.807, 2.05) is 6.07 Å². The maximum absolute atomic E-state index is 12.2. The van der Waals surface area contributed by atoms with Crippen LogP contribution in [-0.4, -0.2) is 31.9 Å². The fourth-order valence-electron chi connectivity index (χ4n) is 1.82. The first-order valence-electron chi connectivity index (χ1n) is 5.30. The molecule has 0 spiro atoms. The van der Waals surface area contributed by atoms with Crippen molar-refractivity contribution in [3.63, 3.8) is 0 Å². The lowest BCUT2D eigenvalue weighted by Gasteiger charge is -2.15. The summed E-state index contributed by atoms with van der Waals surface area (Å²) >= 11 is 0. The Balaban J connectivity index is 0.00000162. The molecule has 1 heterocycles. The van der Waals surface area contributed by atoms with Crippen LogP contribution in [0.25, 0.3) is 0 Å². The number of benzene rings is 1. The molecule has 0 amide bonds.